The third-order valence-corrected chi connectivity index (χ3v) is 5.06. The Hall–Kier alpha value is -1.85. The molecule has 2 heterocycles. The summed E-state index contributed by atoms with van der Waals surface area (Å²) in [5.74, 6) is 0.629. The lowest BCUT2D eigenvalue weighted by atomic mass is 10.1. The number of aliphatic hydroxyl groups is 1. The first kappa shape index (κ1) is 15.7. The fourth-order valence-corrected chi connectivity index (χ4v) is 3.86. The van der Waals surface area contributed by atoms with Gasteiger partial charge in [-0.05, 0) is 62.9 Å². The van der Waals surface area contributed by atoms with E-state index in [1.54, 1.807) is 6.07 Å². The van der Waals surface area contributed by atoms with Gasteiger partial charge in [0.2, 0.25) is 0 Å². The lowest BCUT2D eigenvalue weighted by molar-refractivity contribution is 0.0758. The van der Waals surface area contributed by atoms with E-state index < -0.39 is 6.10 Å². The third kappa shape index (κ3) is 3.06. The van der Waals surface area contributed by atoms with Gasteiger partial charge in [-0.1, -0.05) is 0 Å². The monoisotopic (exact) mass is 329 g/mol. The average Bonchev–Trinajstić information content (AvgIpc) is 3.24. The third-order valence-electron chi connectivity index (χ3n) is 5.06. The van der Waals surface area contributed by atoms with Crippen LogP contribution in [0.1, 0.15) is 30.4 Å². The molecule has 0 spiro atoms. The molecule has 1 N–H and O–H groups in total. The van der Waals surface area contributed by atoms with Crippen molar-refractivity contribution in [2.75, 3.05) is 26.2 Å². The molecule has 128 valence electrons. The highest BCUT2D eigenvalue weighted by Gasteiger charge is 2.20. The summed E-state index contributed by atoms with van der Waals surface area (Å²) < 4.78 is 11.2. The Labute approximate surface area is 140 Å². The van der Waals surface area contributed by atoms with Crippen LogP contribution < -0.4 is 10.4 Å². The molecule has 1 fully saturated rings. The molecule has 1 saturated heterocycles. The second kappa shape index (κ2) is 6.57. The molecule has 0 radical (unpaired) electrons. The molecule has 1 aliphatic carbocycles. The van der Waals surface area contributed by atoms with E-state index in [4.69, 9.17) is 9.15 Å². The van der Waals surface area contributed by atoms with Gasteiger partial charge in [0.05, 0.1) is 0 Å². The van der Waals surface area contributed by atoms with Gasteiger partial charge in [0.15, 0.2) is 0 Å². The second-order valence-corrected chi connectivity index (χ2v) is 6.83. The van der Waals surface area contributed by atoms with Crippen LogP contribution in [0, 0.1) is 0 Å². The Morgan fingerprint density at radius 1 is 1.17 bits per heavy atom. The minimum Gasteiger partial charge on any atom is -0.491 e. The van der Waals surface area contributed by atoms with Gasteiger partial charge >= 0.3 is 5.63 Å². The maximum atomic E-state index is 12.0. The molecular formula is C19H23NO4. The SMILES string of the molecule is O=c1oc2cc(OC[C@H](O)CN3CCCC3)ccc2c2c1CCC2. The number of nitrogens with zero attached hydrogens (tertiary/aromatic N) is 1. The Bertz CT molecular complexity index is 792. The van der Waals surface area contributed by atoms with Gasteiger partial charge in [0.25, 0.3) is 0 Å². The molecule has 1 aromatic heterocycles. The maximum Gasteiger partial charge on any atom is 0.339 e. The predicted molar refractivity (Wildman–Crippen MR) is 91.7 cm³/mol. The quantitative estimate of drug-likeness (QED) is 0.851. The first-order valence-electron chi connectivity index (χ1n) is 8.82. The minimum absolute atomic E-state index is 0.221. The molecule has 5 heteroatoms. The van der Waals surface area contributed by atoms with E-state index in [0.29, 0.717) is 17.9 Å². The Morgan fingerprint density at radius 2 is 1.96 bits per heavy atom. The summed E-state index contributed by atoms with van der Waals surface area (Å²) in [5.41, 5.74) is 2.31. The summed E-state index contributed by atoms with van der Waals surface area (Å²) >= 11 is 0. The molecule has 24 heavy (non-hydrogen) atoms. The minimum atomic E-state index is -0.508. The predicted octanol–water partition coefficient (Wildman–Crippen LogP) is 2.12. The first-order valence-corrected chi connectivity index (χ1v) is 8.82. The number of hydrogen-bond acceptors (Lipinski definition) is 5. The summed E-state index contributed by atoms with van der Waals surface area (Å²) in [7, 11) is 0. The number of likely N-dealkylation sites (tertiary alicyclic amines) is 1. The summed E-state index contributed by atoms with van der Waals surface area (Å²) in [6.07, 6.45) is 4.68. The molecule has 5 nitrogen and oxygen atoms in total. The summed E-state index contributed by atoms with van der Waals surface area (Å²) in [4.78, 5) is 14.3. The van der Waals surface area contributed by atoms with E-state index in [9.17, 15) is 9.90 Å². The Morgan fingerprint density at radius 3 is 2.79 bits per heavy atom. The number of β-amino-alcohol motifs (C(OH)–C–C–N with tert-alkyl or cyclic N) is 1. The van der Waals surface area contributed by atoms with Gasteiger partial charge < -0.3 is 19.2 Å². The molecule has 2 aliphatic rings. The normalized spacial score (nSPS) is 18.9. The van der Waals surface area contributed by atoms with Gasteiger partial charge in [-0.2, -0.15) is 0 Å². The van der Waals surface area contributed by atoms with Crippen molar-refractivity contribution in [1.29, 1.82) is 0 Å². The molecule has 1 atom stereocenters. The van der Waals surface area contributed by atoms with E-state index in [1.807, 2.05) is 12.1 Å². The summed E-state index contributed by atoms with van der Waals surface area (Å²) in [5, 5.41) is 11.1. The van der Waals surface area contributed by atoms with Crippen LogP contribution >= 0.6 is 0 Å². The number of hydrogen-bond donors (Lipinski definition) is 1. The van der Waals surface area contributed by atoms with Crippen LogP contribution in [-0.2, 0) is 12.8 Å². The molecule has 2 aromatic rings. The van der Waals surface area contributed by atoms with Crippen molar-refractivity contribution in [3.8, 4) is 5.75 Å². The molecular weight excluding hydrogens is 306 g/mol. The van der Waals surface area contributed by atoms with Gasteiger partial charge in [-0.25, -0.2) is 4.79 Å². The fourth-order valence-electron chi connectivity index (χ4n) is 3.86. The number of fused-ring (bicyclic) bond motifs is 3. The van der Waals surface area contributed by atoms with Crippen LogP contribution in [-0.4, -0.2) is 42.4 Å². The molecule has 1 aromatic carbocycles. The fraction of sp³-hybridized carbons (Fsp3) is 0.526. The number of ether oxygens (including phenoxy) is 1. The van der Waals surface area contributed by atoms with Crippen LogP contribution in [0.15, 0.2) is 27.4 Å². The van der Waals surface area contributed by atoms with Crippen LogP contribution in [0.25, 0.3) is 11.0 Å². The van der Waals surface area contributed by atoms with Crippen molar-refractivity contribution >= 4 is 11.0 Å². The van der Waals surface area contributed by atoms with Crippen LogP contribution in [0.3, 0.4) is 0 Å². The van der Waals surface area contributed by atoms with Crippen LogP contribution in [0.4, 0.5) is 0 Å². The van der Waals surface area contributed by atoms with Crippen molar-refractivity contribution in [3.05, 3.63) is 39.7 Å². The van der Waals surface area contributed by atoms with Gasteiger partial charge in [-0.15, -0.1) is 0 Å². The summed E-state index contributed by atoms with van der Waals surface area (Å²) in [6, 6.07) is 5.62. The molecule has 0 saturated carbocycles. The van der Waals surface area contributed by atoms with E-state index in [1.165, 1.54) is 12.8 Å². The highest BCUT2D eigenvalue weighted by molar-refractivity contribution is 5.83. The second-order valence-electron chi connectivity index (χ2n) is 6.83. The topological polar surface area (TPSA) is 62.9 Å². The zero-order valence-electron chi connectivity index (χ0n) is 13.8. The van der Waals surface area contributed by atoms with Gasteiger partial charge in [0.1, 0.15) is 24.0 Å². The Balaban J connectivity index is 1.47. The number of aryl methyl sites for hydroxylation is 1. The summed E-state index contributed by atoms with van der Waals surface area (Å²) in [6.45, 7) is 3.01. The van der Waals surface area contributed by atoms with Crippen molar-refractivity contribution in [2.24, 2.45) is 0 Å². The van der Waals surface area contributed by atoms with E-state index in [-0.39, 0.29) is 12.2 Å². The van der Waals surface area contributed by atoms with E-state index in [2.05, 4.69) is 4.90 Å². The lowest BCUT2D eigenvalue weighted by Gasteiger charge is -2.19. The van der Waals surface area contributed by atoms with Crippen molar-refractivity contribution in [1.82, 2.24) is 4.90 Å². The molecule has 1 aliphatic heterocycles. The van der Waals surface area contributed by atoms with E-state index >= 15 is 0 Å². The standard InChI is InChI=1S/C19H23NO4/c21-13(11-20-8-1-2-9-20)12-23-14-6-7-16-15-4-3-5-17(15)19(22)24-18(16)10-14/h6-7,10,13,21H,1-5,8-9,11-12H2/t13-/m1/s1. The van der Waals surface area contributed by atoms with Crippen molar-refractivity contribution in [2.45, 2.75) is 38.2 Å². The van der Waals surface area contributed by atoms with Crippen molar-refractivity contribution in [3.63, 3.8) is 0 Å². The number of benzene rings is 1. The van der Waals surface area contributed by atoms with Gasteiger partial charge in [-0.3, -0.25) is 0 Å². The van der Waals surface area contributed by atoms with Crippen LogP contribution in [0.5, 0.6) is 5.75 Å². The zero-order chi connectivity index (χ0) is 16.5. The van der Waals surface area contributed by atoms with Crippen molar-refractivity contribution < 1.29 is 14.3 Å². The highest BCUT2D eigenvalue weighted by Crippen LogP contribution is 2.29. The maximum absolute atomic E-state index is 12.0. The lowest BCUT2D eigenvalue weighted by Crippen LogP contribution is -2.33. The molecule has 0 unspecified atom stereocenters. The number of rotatable bonds is 5. The highest BCUT2D eigenvalue weighted by atomic mass is 16.5. The average molecular weight is 329 g/mol. The van der Waals surface area contributed by atoms with Crippen LogP contribution in [0.2, 0.25) is 0 Å². The first-order chi connectivity index (χ1) is 11.7. The number of aliphatic hydroxyl groups excluding tert-OH is 1. The molecule has 0 amide bonds. The smallest absolute Gasteiger partial charge is 0.339 e. The van der Waals surface area contributed by atoms with Gasteiger partial charge in [0, 0.05) is 23.6 Å². The molecule has 0 bridgehead atoms. The largest absolute Gasteiger partial charge is 0.491 e. The zero-order valence-corrected chi connectivity index (χ0v) is 13.8. The Kier molecular flexibility index (Phi) is 4.29. The molecule has 4 rings (SSSR count). The van der Waals surface area contributed by atoms with E-state index in [0.717, 1.165) is 48.9 Å².